The van der Waals surface area contributed by atoms with Crippen LogP contribution in [0.25, 0.3) is 0 Å². The average Bonchev–Trinajstić information content (AvgIpc) is 1.88. The van der Waals surface area contributed by atoms with Crippen molar-refractivity contribution in [3.05, 3.63) is 0 Å². The minimum atomic E-state index is -0.367. The quantitative estimate of drug-likeness (QED) is 0.581. The monoisotopic (exact) mass is 140 g/mol. The molecule has 0 amide bonds. The highest BCUT2D eigenvalue weighted by Gasteiger charge is 2.05. The molecule has 0 aromatic carbocycles. The molecule has 3 nitrogen and oxygen atoms in total. The lowest BCUT2D eigenvalue weighted by Crippen LogP contribution is -2.27. The summed E-state index contributed by atoms with van der Waals surface area (Å²) in [6, 6.07) is 1.63. The number of hydrogen-bond donors (Lipinski definition) is 1. The van der Waals surface area contributed by atoms with E-state index in [4.69, 9.17) is 11.0 Å². The van der Waals surface area contributed by atoms with Crippen molar-refractivity contribution in [2.24, 2.45) is 5.73 Å². The third kappa shape index (κ3) is 4.04. The number of unbranched alkanes of at least 4 members (excludes halogenated alkanes) is 1. The van der Waals surface area contributed by atoms with E-state index in [-0.39, 0.29) is 11.8 Å². The second-order valence-corrected chi connectivity index (χ2v) is 2.27. The first-order valence-corrected chi connectivity index (χ1v) is 3.31. The summed E-state index contributed by atoms with van der Waals surface area (Å²) in [5.74, 6) is -0.00191. The van der Waals surface area contributed by atoms with Gasteiger partial charge in [-0.3, -0.25) is 4.79 Å². The zero-order chi connectivity index (χ0) is 7.98. The molecule has 0 fully saturated rings. The van der Waals surface area contributed by atoms with Gasteiger partial charge in [0.15, 0.2) is 0 Å². The Hall–Kier alpha value is -0.880. The van der Waals surface area contributed by atoms with Crippen molar-refractivity contribution in [2.75, 3.05) is 0 Å². The van der Waals surface area contributed by atoms with Crippen molar-refractivity contribution in [3.8, 4) is 6.07 Å². The Kier molecular flexibility index (Phi) is 4.51. The van der Waals surface area contributed by atoms with E-state index in [0.29, 0.717) is 12.8 Å². The van der Waals surface area contributed by atoms with E-state index in [1.54, 1.807) is 0 Å². The van der Waals surface area contributed by atoms with Crippen molar-refractivity contribution >= 4 is 5.78 Å². The van der Waals surface area contributed by atoms with Crippen molar-refractivity contribution in [3.63, 3.8) is 0 Å². The molecular formula is C7H12N2O. The predicted octanol–water partition coefficient (Wildman–Crippen LogP) is 0.597. The van der Waals surface area contributed by atoms with Crippen molar-refractivity contribution < 1.29 is 4.79 Å². The second-order valence-electron chi connectivity index (χ2n) is 2.27. The van der Waals surface area contributed by atoms with Crippen LogP contribution in [0.1, 0.15) is 26.2 Å². The first-order chi connectivity index (χ1) is 4.68. The number of Topliss-reactive ketones (excluding diaryl/α,β-unsaturated/α-hetero) is 1. The predicted molar refractivity (Wildman–Crippen MR) is 38.1 cm³/mol. The van der Waals surface area contributed by atoms with Crippen molar-refractivity contribution in [2.45, 2.75) is 32.2 Å². The standard InChI is InChI=1S/C7H12N2O/c1-6(10)7(9)4-2-3-5-8/h7H,2-4,9H2,1H3. The van der Waals surface area contributed by atoms with Crippen molar-refractivity contribution in [1.29, 1.82) is 5.26 Å². The third-order valence-corrected chi connectivity index (χ3v) is 1.33. The SMILES string of the molecule is CC(=O)C(N)CCCC#N. The van der Waals surface area contributed by atoms with E-state index in [1.807, 2.05) is 6.07 Å². The Morgan fingerprint density at radius 1 is 1.80 bits per heavy atom. The van der Waals surface area contributed by atoms with E-state index in [9.17, 15) is 4.79 Å². The van der Waals surface area contributed by atoms with Gasteiger partial charge in [0, 0.05) is 6.42 Å². The van der Waals surface area contributed by atoms with Gasteiger partial charge in [-0.15, -0.1) is 0 Å². The normalized spacial score (nSPS) is 12.1. The maximum atomic E-state index is 10.5. The number of carbonyl (C=O) groups is 1. The molecule has 0 aliphatic carbocycles. The summed E-state index contributed by atoms with van der Waals surface area (Å²) in [5.41, 5.74) is 5.40. The Morgan fingerprint density at radius 2 is 2.40 bits per heavy atom. The summed E-state index contributed by atoms with van der Waals surface area (Å²) in [7, 11) is 0. The molecule has 0 heterocycles. The van der Waals surface area contributed by atoms with E-state index in [0.717, 1.165) is 6.42 Å². The fraction of sp³-hybridized carbons (Fsp3) is 0.714. The lowest BCUT2D eigenvalue weighted by molar-refractivity contribution is -0.118. The highest BCUT2D eigenvalue weighted by molar-refractivity contribution is 5.80. The van der Waals surface area contributed by atoms with Crippen molar-refractivity contribution in [1.82, 2.24) is 0 Å². The van der Waals surface area contributed by atoms with Gasteiger partial charge in [0.2, 0.25) is 0 Å². The van der Waals surface area contributed by atoms with Gasteiger partial charge in [-0.05, 0) is 19.8 Å². The van der Waals surface area contributed by atoms with Gasteiger partial charge in [-0.2, -0.15) is 5.26 Å². The average molecular weight is 140 g/mol. The topological polar surface area (TPSA) is 66.9 Å². The lowest BCUT2D eigenvalue weighted by atomic mass is 10.1. The number of nitriles is 1. The molecule has 0 bridgehead atoms. The molecule has 0 aromatic heterocycles. The Morgan fingerprint density at radius 3 is 2.80 bits per heavy atom. The molecule has 3 heteroatoms. The lowest BCUT2D eigenvalue weighted by Gasteiger charge is -2.03. The Bertz CT molecular complexity index is 148. The molecule has 0 rings (SSSR count). The van der Waals surface area contributed by atoms with E-state index in [2.05, 4.69) is 0 Å². The number of nitrogens with two attached hydrogens (primary N) is 1. The third-order valence-electron chi connectivity index (χ3n) is 1.33. The molecule has 0 saturated carbocycles. The molecule has 0 radical (unpaired) electrons. The zero-order valence-electron chi connectivity index (χ0n) is 6.13. The van der Waals surface area contributed by atoms with Crippen LogP contribution in [0.15, 0.2) is 0 Å². The van der Waals surface area contributed by atoms with Gasteiger partial charge >= 0.3 is 0 Å². The number of hydrogen-bond acceptors (Lipinski definition) is 3. The molecule has 2 N–H and O–H groups in total. The van der Waals surface area contributed by atoms with Crippen LogP contribution in [0.4, 0.5) is 0 Å². The van der Waals surface area contributed by atoms with E-state index >= 15 is 0 Å². The summed E-state index contributed by atoms with van der Waals surface area (Å²) in [6.45, 7) is 1.47. The number of nitrogens with zero attached hydrogens (tertiary/aromatic N) is 1. The number of carbonyl (C=O) groups excluding carboxylic acids is 1. The Labute approximate surface area is 60.8 Å². The summed E-state index contributed by atoms with van der Waals surface area (Å²) in [4.78, 5) is 10.5. The van der Waals surface area contributed by atoms with E-state index in [1.165, 1.54) is 6.92 Å². The highest BCUT2D eigenvalue weighted by Crippen LogP contribution is 1.97. The summed E-state index contributed by atoms with van der Waals surface area (Å²) in [6.07, 6.45) is 1.83. The van der Waals surface area contributed by atoms with Crippen LogP contribution in [-0.4, -0.2) is 11.8 Å². The molecule has 0 spiro atoms. The van der Waals surface area contributed by atoms with Gasteiger partial charge in [-0.1, -0.05) is 0 Å². The molecular weight excluding hydrogens is 128 g/mol. The molecule has 0 aromatic rings. The fourth-order valence-corrected chi connectivity index (χ4v) is 0.604. The number of rotatable bonds is 4. The smallest absolute Gasteiger partial charge is 0.146 e. The van der Waals surface area contributed by atoms with Crippen LogP contribution in [-0.2, 0) is 4.79 Å². The number of ketones is 1. The van der Waals surface area contributed by atoms with Crippen LogP contribution < -0.4 is 5.73 Å². The molecule has 0 aliphatic heterocycles. The maximum Gasteiger partial charge on any atom is 0.146 e. The van der Waals surface area contributed by atoms with Crippen LogP contribution in [0.2, 0.25) is 0 Å². The van der Waals surface area contributed by atoms with Gasteiger partial charge < -0.3 is 5.73 Å². The van der Waals surface area contributed by atoms with Crippen LogP contribution in [0, 0.1) is 11.3 Å². The molecule has 1 atom stereocenters. The second kappa shape index (κ2) is 4.95. The molecule has 1 unspecified atom stereocenters. The van der Waals surface area contributed by atoms with E-state index < -0.39 is 0 Å². The molecule has 0 saturated heterocycles. The van der Waals surface area contributed by atoms with Gasteiger partial charge in [0.1, 0.15) is 5.78 Å². The Balaban J connectivity index is 3.32. The molecule has 10 heavy (non-hydrogen) atoms. The maximum absolute atomic E-state index is 10.5. The zero-order valence-corrected chi connectivity index (χ0v) is 6.13. The minimum Gasteiger partial charge on any atom is -0.322 e. The first-order valence-electron chi connectivity index (χ1n) is 3.31. The first kappa shape index (κ1) is 9.12. The van der Waals surface area contributed by atoms with Gasteiger partial charge in [0.25, 0.3) is 0 Å². The summed E-state index contributed by atoms with van der Waals surface area (Å²) in [5, 5.41) is 8.14. The highest BCUT2D eigenvalue weighted by atomic mass is 16.1. The fourth-order valence-electron chi connectivity index (χ4n) is 0.604. The minimum absolute atomic E-state index is 0.00191. The van der Waals surface area contributed by atoms with Gasteiger partial charge in [-0.25, -0.2) is 0 Å². The van der Waals surface area contributed by atoms with Crippen LogP contribution in [0.5, 0.6) is 0 Å². The van der Waals surface area contributed by atoms with Crippen LogP contribution in [0.3, 0.4) is 0 Å². The molecule has 0 aliphatic rings. The van der Waals surface area contributed by atoms with Crippen LogP contribution >= 0.6 is 0 Å². The summed E-state index contributed by atoms with van der Waals surface area (Å²) >= 11 is 0. The largest absolute Gasteiger partial charge is 0.322 e. The molecule has 56 valence electrons. The summed E-state index contributed by atoms with van der Waals surface area (Å²) < 4.78 is 0. The van der Waals surface area contributed by atoms with Gasteiger partial charge in [0.05, 0.1) is 12.1 Å².